The highest BCUT2D eigenvalue weighted by molar-refractivity contribution is 7.92. The summed E-state index contributed by atoms with van der Waals surface area (Å²) in [4.78, 5) is 12.6. The van der Waals surface area contributed by atoms with Crippen LogP contribution < -0.4 is 5.14 Å². The number of amides is 1. The second-order valence-corrected chi connectivity index (χ2v) is 9.95. The van der Waals surface area contributed by atoms with Crippen molar-refractivity contribution in [3.63, 3.8) is 0 Å². The molecule has 1 amide bonds. The molecule has 2 N–H and O–H groups in total. The van der Waals surface area contributed by atoms with E-state index < -0.39 is 9.92 Å². The van der Waals surface area contributed by atoms with Crippen LogP contribution in [0.5, 0.6) is 0 Å². The minimum Gasteiger partial charge on any atom is -0.272 e. The number of nitrogens with two attached hydrogens (primary N) is 1. The minimum atomic E-state index is -2.88. The van der Waals surface area contributed by atoms with Gasteiger partial charge in [0.25, 0.3) is 5.91 Å². The van der Waals surface area contributed by atoms with E-state index in [1.807, 2.05) is 0 Å². The molecule has 1 saturated carbocycles. The molecule has 0 bridgehead atoms. The monoisotopic (exact) mass is 360 g/mol. The largest absolute Gasteiger partial charge is 0.272 e. The Morgan fingerprint density at radius 3 is 2.44 bits per heavy atom. The highest BCUT2D eigenvalue weighted by Gasteiger charge is 2.43. The quantitative estimate of drug-likeness (QED) is 0.875. The number of nitrogens with zero attached hydrogens (tertiary/aromatic N) is 1. The predicted octanol–water partition coefficient (Wildman–Crippen LogP) is 3.26. The molecule has 3 unspecified atom stereocenters. The van der Waals surface area contributed by atoms with Crippen LogP contribution >= 0.6 is 0 Å². The first-order valence-corrected chi connectivity index (χ1v) is 11.4. The van der Waals surface area contributed by atoms with Crippen molar-refractivity contribution in [3.8, 4) is 0 Å². The van der Waals surface area contributed by atoms with E-state index in [0.29, 0.717) is 5.92 Å². The van der Waals surface area contributed by atoms with Gasteiger partial charge in [-0.15, -0.1) is 4.36 Å². The van der Waals surface area contributed by atoms with E-state index >= 15 is 0 Å². The van der Waals surface area contributed by atoms with Crippen molar-refractivity contribution in [2.45, 2.75) is 76.4 Å². The molecule has 1 aromatic rings. The number of carbonyl (C=O) groups excluding carboxylic acids is 1. The predicted molar refractivity (Wildman–Crippen MR) is 101 cm³/mol. The molecule has 0 saturated heterocycles. The lowest BCUT2D eigenvalue weighted by atomic mass is 9.92. The van der Waals surface area contributed by atoms with Gasteiger partial charge in [-0.3, -0.25) is 4.79 Å². The van der Waals surface area contributed by atoms with Gasteiger partial charge < -0.3 is 0 Å². The van der Waals surface area contributed by atoms with Crippen LogP contribution in [-0.2, 0) is 46.8 Å². The lowest BCUT2D eigenvalue weighted by Crippen LogP contribution is -2.22. The maximum absolute atomic E-state index is 12.7. The van der Waals surface area contributed by atoms with Gasteiger partial charge in [-0.05, 0) is 85.1 Å². The lowest BCUT2D eigenvalue weighted by Gasteiger charge is -2.14. The van der Waals surface area contributed by atoms with E-state index in [-0.39, 0.29) is 17.6 Å². The minimum absolute atomic E-state index is 0.0800. The van der Waals surface area contributed by atoms with E-state index in [1.54, 1.807) is 0 Å². The van der Waals surface area contributed by atoms with E-state index in [4.69, 9.17) is 5.14 Å². The standard InChI is InChI=1S/C20H28N2O2S/c1-2-5-15-11-19(15)25(21,24)22-20(23)12-18-16-8-3-6-13(16)10-14-7-4-9-17(14)18/h10,15,19H,2-9,11-12H2,1H3,(H2,21,22,23,24). The molecule has 136 valence electrons. The number of aryl methyl sites for hydroxylation is 2. The fourth-order valence-electron chi connectivity index (χ4n) is 4.87. The zero-order valence-corrected chi connectivity index (χ0v) is 15.9. The summed E-state index contributed by atoms with van der Waals surface area (Å²) in [5, 5.41) is 5.88. The topological polar surface area (TPSA) is 72.5 Å². The van der Waals surface area contributed by atoms with Crippen LogP contribution in [0.2, 0.25) is 0 Å². The lowest BCUT2D eigenvalue weighted by molar-refractivity contribution is -0.117. The van der Waals surface area contributed by atoms with Crippen LogP contribution in [0.3, 0.4) is 0 Å². The highest BCUT2D eigenvalue weighted by Crippen LogP contribution is 2.40. The first-order valence-electron chi connectivity index (χ1n) is 9.71. The normalized spacial score (nSPS) is 26.0. The smallest absolute Gasteiger partial charge is 0.259 e. The van der Waals surface area contributed by atoms with Gasteiger partial charge in [-0.25, -0.2) is 9.35 Å². The van der Waals surface area contributed by atoms with Gasteiger partial charge in [0.1, 0.15) is 9.92 Å². The van der Waals surface area contributed by atoms with Crippen molar-refractivity contribution in [2.75, 3.05) is 0 Å². The van der Waals surface area contributed by atoms with Gasteiger partial charge in [-0.1, -0.05) is 19.4 Å². The van der Waals surface area contributed by atoms with Gasteiger partial charge in [0.2, 0.25) is 0 Å². The van der Waals surface area contributed by atoms with Crippen LogP contribution in [0.1, 0.15) is 66.8 Å². The molecule has 4 rings (SSSR count). The maximum atomic E-state index is 12.7. The Kier molecular flexibility index (Phi) is 4.49. The third-order valence-corrected chi connectivity index (χ3v) is 8.06. The molecule has 0 heterocycles. The van der Waals surface area contributed by atoms with Gasteiger partial charge in [-0.2, -0.15) is 0 Å². The molecule has 5 heteroatoms. The molecule has 3 atom stereocenters. The molecule has 0 radical (unpaired) electrons. The van der Waals surface area contributed by atoms with Crippen molar-refractivity contribution < 1.29 is 9.00 Å². The van der Waals surface area contributed by atoms with Crippen LogP contribution in [0.4, 0.5) is 0 Å². The third-order valence-electron chi connectivity index (χ3n) is 6.12. The molecule has 1 fully saturated rings. The van der Waals surface area contributed by atoms with Crippen molar-refractivity contribution in [3.05, 3.63) is 33.9 Å². The zero-order valence-electron chi connectivity index (χ0n) is 15.1. The van der Waals surface area contributed by atoms with Crippen LogP contribution in [0.15, 0.2) is 10.4 Å². The number of fused-ring (bicyclic) bond motifs is 2. The Hall–Kier alpha value is -1.20. The number of rotatable bonds is 5. The Morgan fingerprint density at radius 2 is 1.84 bits per heavy atom. The average Bonchev–Trinajstić information content (AvgIpc) is 2.97. The van der Waals surface area contributed by atoms with Crippen molar-refractivity contribution >= 4 is 15.8 Å². The van der Waals surface area contributed by atoms with Gasteiger partial charge in [0.15, 0.2) is 0 Å². The van der Waals surface area contributed by atoms with Gasteiger partial charge in [0, 0.05) is 0 Å². The molecule has 0 spiro atoms. The number of benzene rings is 1. The second kappa shape index (κ2) is 6.51. The Balaban J connectivity index is 1.58. The summed E-state index contributed by atoms with van der Waals surface area (Å²) in [6, 6.07) is 2.36. The van der Waals surface area contributed by atoms with E-state index in [1.165, 1.54) is 40.7 Å². The Morgan fingerprint density at radius 1 is 1.20 bits per heavy atom. The third kappa shape index (κ3) is 3.28. The summed E-state index contributed by atoms with van der Waals surface area (Å²) in [6.07, 6.45) is 9.94. The molecular weight excluding hydrogens is 332 g/mol. The first kappa shape index (κ1) is 17.2. The fourth-order valence-corrected chi connectivity index (χ4v) is 6.59. The summed E-state index contributed by atoms with van der Waals surface area (Å²) in [5.41, 5.74) is 6.75. The summed E-state index contributed by atoms with van der Waals surface area (Å²) in [7, 11) is -2.88. The van der Waals surface area contributed by atoms with E-state index in [2.05, 4.69) is 17.4 Å². The summed E-state index contributed by atoms with van der Waals surface area (Å²) in [5.74, 6) is 0.105. The molecule has 4 nitrogen and oxygen atoms in total. The molecule has 0 aromatic heterocycles. The first-order chi connectivity index (χ1) is 12.0. The van der Waals surface area contributed by atoms with E-state index in [0.717, 1.165) is 44.9 Å². The summed E-state index contributed by atoms with van der Waals surface area (Å²) < 4.78 is 16.7. The van der Waals surface area contributed by atoms with Crippen molar-refractivity contribution in [2.24, 2.45) is 15.4 Å². The molecule has 0 aliphatic heterocycles. The molecule has 3 aliphatic carbocycles. The maximum Gasteiger partial charge on any atom is 0.259 e. The van der Waals surface area contributed by atoms with Crippen LogP contribution in [0, 0.1) is 5.92 Å². The molecular formula is C20H28N2O2S. The van der Waals surface area contributed by atoms with E-state index in [9.17, 15) is 9.00 Å². The van der Waals surface area contributed by atoms with Crippen molar-refractivity contribution in [1.82, 2.24) is 0 Å². The molecule has 25 heavy (non-hydrogen) atoms. The number of hydrogen-bond donors (Lipinski definition) is 1. The highest BCUT2D eigenvalue weighted by atomic mass is 32.2. The molecule has 3 aliphatic rings. The SMILES string of the molecule is CCCC1CC1S(N)(=O)=NC(=O)Cc1c2c(cc3c1CCC3)CCC2. The number of hydrogen-bond acceptors (Lipinski definition) is 2. The summed E-state index contributed by atoms with van der Waals surface area (Å²) >= 11 is 0. The molecule has 1 aromatic carbocycles. The fraction of sp³-hybridized carbons (Fsp3) is 0.650. The van der Waals surface area contributed by atoms with Crippen LogP contribution in [-0.4, -0.2) is 15.4 Å². The average molecular weight is 361 g/mol. The van der Waals surface area contributed by atoms with Crippen molar-refractivity contribution in [1.29, 1.82) is 0 Å². The summed E-state index contributed by atoms with van der Waals surface area (Å²) in [6.45, 7) is 2.12. The van der Waals surface area contributed by atoms with Gasteiger partial charge in [0.05, 0.1) is 11.7 Å². The Bertz CT molecular complexity index is 804. The van der Waals surface area contributed by atoms with Crippen LogP contribution in [0.25, 0.3) is 0 Å². The van der Waals surface area contributed by atoms with Gasteiger partial charge >= 0.3 is 0 Å². The second-order valence-electron chi connectivity index (χ2n) is 7.94. The zero-order chi connectivity index (χ0) is 17.6. The number of carbonyl (C=O) groups is 1. The Labute approximate surface area is 150 Å².